The van der Waals surface area contributed by atoms with E-state index in [0.29, 0.717) is 13.2 Å². The van der Waals surface area contributed by atoms with Gasteiger partial charge in [0, 0.05) is 13.1 Å². The molecule has 0 aliphatic carbocycles. The largest absolute Gasteiger partial charge is 0.495 e. The minimum atomic E-state index is -3.77. The van der Waals surface area contributed by atoms with Crippen molar-refractivity contribution in [2.24, 2.45) is 0 Å². The molecule has 1 saturated heterocycles. The summed E-state index contributed by atoms with van der Waals surface area (Å²) in [7, 11) is -2.38. The minimum absolute atomic E-state index is 0.0416. The van der Waals surface area contributed by atoms with Crippen LogP contribution in [-0.2, 0) is 19.5 Å². The van der Waals surface area contributed by atoms with E-state index in [1.165, 1.54) is 29.6 Å². The summed E-state index contributed by atoms with van der Waals surface area (Å²) in [4.78, 5) is 12.0. The molecule has 1 heterocycles. The quantitative estimate of drug-likeness (QED) is 0.749. The van der Waals surface area contributed by atoms with Crippen molar-refractivity contribution < 1.29 is 27.4 Å². The van der Waals surface area contributed by atoms with Crippen molar-refractivity contribution >= 4 is 16.0 Å². The summed E-state index contributed by atoms with van der Waals surface area (Å²) in [6.45, 7) is 4.69. The van der Waals surface area contributed by atoms with Gasteiger partial charge in [0.2, 0.25) is 10.0 Å². The summed E-state index contributed by atoms with van der Waals surface area (Å²) in [5, 5.41) is 0. The highest BCUT2D eigenvalue weighted by Crippen LogP contribution is 2.28. The van der Waals surface area contributed by atoms with Gasteiger partial charge in [-0.3, -0.25) is 0 Å². The zero-order chi connectivity index (χ0) is 17.0. The number of morpholine rings is 1. The van der Waals surface area contributed by atoms with Crippen molar-refractivity contribution in [3.05, 3.63) is 23.8 Å². The summed E-state index contributed by atoms with van der Waals surface area (Å²) in [5.74, 6) is -0.376. The van der Waals surface area contributed by atoms with E-state index in [9.17, 15) is 13.2 Å². The number of benzene rings is 1. The number of esters is 1. The van der Waals surface area contributed by atoms with Gasteiger partial charge in [0.05, 0.1) is 32.0 Å². The number of nitrogens with zero attached hydrogens (tertiary/aromatic N) is 1. The van der Waals surface area contributed by atoms with Gasteiger partial charge in [0.25, 0.3) is 0 Å². The Morgan fingerprint density at radius 3 is 2.48 bits per heavy atom. The zero-order valence-electron chi connectivity index (χ0n) is 13.4. The smallest absolute Gasteiger partial charge is 0.338 e. The molecular formula is C15H21NO6S. The fourth-order valence-electron chi connectivity index (χ4n) is 2.21. The predicted octanol–water partition coefficient (Wildman–Crippen LogP) is 1.28. The molecule has 0 aromatic heterocycles. The van der Waals surface area contributed by atoms with Crippen LogP contribution in [0.2, 0.25) is 0 Å². The second kappa shape index (κ2) is 7.29. The van der Waals surface area contributed by atoms with Crippen molar-refractivity contribution in [2.75, 3.05) is 33.4 Å². The van der Waals surface area contributed by atoms with E-state index >= 15 is 0 Å². The van der Waals surface area contributed by atoms with E-state index in [-0.39, 0.29) is 35.4 Å². The van der Waals surface area contributed by atoms with Crippen LogP contribution < -0.4 is 4.74 Å². The number of rotatable bonds is 5. The lowest BCUT2D eigenvalue weighted by molar-refractivity contribution is 0.0377. The molecule has 23 heavy (non-hydrogen) atoms. The average Bonchev–Trinajstić information content (AvgIpc) is 2.54. The maximum absolute atomic E-state index is 12.8. The molecule has 1 aliphatic rings. The van der Waals surface area contributed by atoms with E-state index in [1.807, 2.05) is 0 Å². The Morgan fingerprint density at radius 1 is 1.26 bits per heavy atom. The maximum Gasteiger partial charge on any atom is 0.338 e. The Balaban J connectivity index is 2.40. The first-order valence-corrected chi connectivity index (χ1v) is 8.77. The number of hydrogen-bond acceptors (Lipinski definition) is 6. The summed E-state index contributed by atoms with van der Waals surface area (Å²) < 4.78 is 42.4. The number of methoxy groups -OCH3 is 1. The third-order valence-corrected chi connectivity index (χ3v) is 5.25. The Hall–Kier alpha value is -1.64. The molecule has 1 aliphatic heterocycles. The molecule has 0 radical (unpaired) electrons. The van der Waals surface area contributed by atoms with Crippen LogP contribution in [0.4, 0.5) is 0 Å². The molecule has 8 heteroatoms. The predicted molar refractivity (Wildman–Crippen MR) is 83.1 cm³/mol. The van der Waals surface area contributed by atoms with Crippen LogP contribution in [0.1, 0.15) is 24.2 Å². The van der Waals surface area contributed by atoms with Crippen molar-refractivity contribution in [3.8, 4) is 5.75 Å². The van der Waals surface area contributed by atoms with Gasteiger partial charge in [-0.25, -0.2) is 13.2 Å². The average molecular weight is 343 g/mol. The van der Waals surface area contributed by atoms with Crippen LogP contribution in [0.25, 0.3) is 0 Å². The van der Waals surface area contributed by atoms with Gasteiger partial charge < -0.3 is 14.2 Å². The molecule has 7 nitrogen and oxygen atoms in total. The van der Waals surface area contributed by atoms with Crippen molar-refractivity contribution in [1.29, 1.82) is 0 Å². The molecule has 128 valence electrons. The highest BCUT2D eigenvalue weighted by molar-refractivity contribution is 7.89. The normalized spacial score (nSPS) is 16.3. The first kappa shape index (κ1) is 17.7. The Labute approximate surface area is 136 Å². The van der Waals surface area contributed by atoms with Gasteiger partial charge in [-0.05, 0) is 32.0 Å². The number of hydrogen-bond donors (Lipinski definition) is 0. The third kappa shape index (κ3) is 4.01. The summed E-state index contributed by atoms with van der Waals surface area (Å²) in [6, 6.07) is 4.25. The number of carbonyl (C=O) groups is 1. The highest BCUT2D eigenvalue weighted by atomic mass is 32.2. The molecule has 0 atom stereocenters. The van der Waals surface area contributed by atoms with Gasteiger partial charge in [-0.2, -0.15) is 4.31 Å². The lowest BCUT2D eigenvalue weighted by Gasteiger charge is -2.26. The zero-order valence-corrected chi connectivity index (χ0v) is 14.3. The summed E-state index contributed by atoms with van der Waals surface area (Å²) in [5.41, 5.74) is 0.173. The standard InChI is InChI=1S/C15H21NO6S/c1-11(2)22-15(17)12-4-5-13(20-3)14(10-12)23(18,19)16-6-8-21-9-7-16/h4-5,10-11H,6-9H2,1-3H3. The first-order chi connectivity index (χ1) is 10.9. The molecule has 0 spiro atoms. The molecule has 0 N–H and O–H groups in total. The molecule has 0 bridgehead atoms. The molecule has 0 unspecified atom stereocenters. The van der Waals surface area contributed by atoms with E-state index < -0.39 is 16.0 Å². The monoisotopic (exact) mass is 343 g/mol. The third-order valence-electron chi connectivity index (χ3n) is 3.33. The van der Waals surface area contributed by atoms with E-state index in [1.54, 1.807) is 13.8 Å². The molecule has 2 rings (SSSR count). The van der Waals surface area contributed by atoms with Crippen LogP contribution in [0.15, 0.2) is 23.1 Å². The van der Waals surface area contributed by atoms with Gasteiger partial charge in [0.15, 0.2) is 0 Å². The summed E-state index contributed by atoms with van der Waals surface area (Å²) >= 11 is 0. The number of carbonyl (C=O) groups excluding carboxylic acids is 1. The second-order valence-corrected chi connectivity index (χ2v) is 7.24. The SMILES string of the molecule is COc1ccc(C(=O)OC(C)C)cc1S(=O)(=O)N1CCOCC1. The maximum atomic E-state index is 12.8. The lowest BCUT2D eigenvalue weighted by Crippen LogP contribution is -2.40. The second-order valence-electron chi connectivity index (χ2n) is 5.34. The van der Waals surface area contributed by atoms with Gasteiger partial charge in [-0.1, -0.05) is 0 Å². The highest BCUT2D eigenvalue weighted by Gasteiger charge is 2.30. The van der Waals surface area contributed by atoms with Crippen molar-refractivity contribution in [2.45, 2.75) is 24.8 Å². The molecule has 1 aromatic rings. The lowest BCUT2D eigenvalue weighted by atomic mass is 10.2. The minimum Gasteiger partial charge on any atom is -0.495 e. The topological polar surface area (TPSA) is 82.1 Å². The van der Waals surface area contributed by atoms with Crippen LogP contribution in [0, 0.1) is 0 Å². The molecule has 0 amide bonds. The molecule has 1 aromatic carbocycles. The van der Waals surface area contributed by atoms with Gasteiger partial charge >= 0.3 is 5.97 Å². The Bertz CT molecular complexity index is 665. The Morgan fingerprint density at radius 2 is 1.91 bits per heavy atom. The van der Waals surface area contributed by atoms with Gasteiger partial charge in [0.1, 0.15) is 10.6 Å². The Kier molecular flexibility index (Phi) is 5.61. The fourth-order valence-corrected chi connectivity index (χ4v) is 3.80. The molecule has 1 fully saturated rings. The van der Waals surface area contributed by atoms with Crippen LogP contribution in [-0.4, -0.2) is 58.2 Å². The number of ether oxygens (including phenoxy) is 3. The molecular weight excluding hydrogens is 322 g/mol. The van der Waals surface area contributed by atoms with Crippen molar-refractivity contribution in [1.82, 2.24) is 4.31 Å². The molecule has 0 saturated carbocycles. The first-order valence-electron chi connectivity index (χ1n) is 7.33. The van der Waals surface area contributed by atoms with Gasteiger partial charge in [-0.15, -0.1) is 0 Å². The number of sulfonamides is 1. The van der Waals surface area contributed by atoms with Crippen molar-refractivity contribution in [3.63, 3.8) is 0 Å². The van der Waals surface area contributed by atoms with E-state index in [2.05, 4.69) is 0 Å². The van der Waals surface area contributed by atoms with Crippen LogP contribution in [0.5, 0.6) is 5.75 Å². The fraction of sp³-hybridized carbons (Fsp3) is 0.533. The van der Waals surface area contributed by atoms with Crippen LogP contribution in [0.3, 0.4) is 0 Å². The van der Waals surface area contributed by atoms with E-state index in [4.69, 9.17) is 14.2 Å². The summed E-state index contributed by atoms with van der Waals surface area (Å²) in [6.07, 6.45) is -0.288. The van der Waals surface area contributed by atoms with Crippen LogP contribution >= 0.6 is 0 Å². The van der Waals surface area contributed by atoms with E-state index in [0.717, 1.165) is 0 Å².